The molecule has 0 aromatic heterocycles. The topological polar surface area (TPSA) is 36.4 Å². The van der Waals surface area contributed by atoms with Gasteiger partial charge in [0.05, 0.1) is 0 Å². The van der Waals surface area contributed by atoms with Crippen LogP contribution in [0.15, 0.2) is 47.5 Å². The Kier molecular flexibility index (Phi) is 18.9. The second-order valence-electron chi connectivity index (χ2n) is 12.6. The highest BCUT2D eigenvalue weighted by atomic mass is 14.8. The van der Waals surface area contributed by atoms with Crippen LogP contribution in [0.25, 0.3) is 11.1 Å². The summed E-state index contributed by atoms with van der Waals surface area (Å²) in [6.07, 6.45) is 21.5. The lowest BCUT2D eigenvalue weighted by molar-refractivity contribution is 0.00771. The predicted molar refractivity (Wildman–Crippen MR) is 192 cm³/mol. The standard InChI is InChI=1S/C42H60N2/c1-7-11-14-17-18-19-20-23-26-38(33-44-43)41(10-4)42(39-28-34(5)27-35(6)29-39)40-31-36(24-21-15-12-8-2)30-37(32-40)25-22-16-13-9-3/h27-32H,7-22,24-25H2,1-6H3. The van der Waals surface area contributed by atoms with Gasteiger partial charge in [-0.05, 0) is 85.8 Å². The van der Waals surface area contributed by atoms with Gasteiger partial charge in [-0.2, -0.15) is 0 Å². The molecule has 0 aliphatic carbocycles. The van der Waals surface area contributed by atoms with Gasteiger partial charge < -0.3 is 5.53 Å². The van der Waals surface area contributed by atoms with Crippen molar-refractivity contribution >= 4 is 11.4 Å². The third-order valence-corrected chi connectivity index (χ3v) is 8.48. The maximum Gasteiger partial charge on any atom is 0.317 e. The zero-order chi connectivity index (χ0) is 32.0. The van der Waals surface area contributed by atoms with E-state index in [1.54, 1.807) is 0 Å². The van der Waals surface area contributed by atoms with E-state index in [2.05, 4.69) is 100 Å². The molecule has 0 fully saturated rings. The van der Waals surface area contributed by atoms with Crippen LogP contribution in [-0.4, -0.2) is 10.7 Å². The van der Waals surface area contributed by atoms with E-state index in [1.165, 1.54) is 122 Å². The van der Waals surface area contributed by atoms with E-state index in [9.17, 15) is 5.53 Å². The molecule has 0 unspecified atom stereocenters. The molecule has 0 amide bonds. The predicted octanol–water partition coefficient (Wildman–Crippen LogP) is 12.3. The summed E-state index contributed by atoms with van der Waals surface area (Å²) < 4.78 is 0. The lowest BCUT2D eigenvalue weighted by Crippen LogP contribution is -2.02. The molecule has 2 nitrogen and oxygen atoms in total. The van der Waals surface area contributed by atoms with Crippen LogP contribution in [0, 0.1) is 25.7 Å². The van der Waals surface area contributed by atoms with Crippen molar-refractivity contribution < 1.29 is 4.79 Å². The van der Waals surface area contributed by atoms with Crippen LogP contribution in [0.4, 0.5) is 0 Å². The normalized spacial score (nSPS) is 11.3. The second-order valence-corrected chi connectivity index (χ2v) is 12.6. The fourth-order valence-electron chi connectivity index (χ4n) is 6.19. The lowest BCUT2D eigenvalue weighted by Gasteiger charge is -2.18. The van der Waals surface area contributed by atoms with E-state index in [0.717, 1.165) is 37.7 Å². The third kappa shape index (κ3) is 13.7. The van der Waals surface area contributed by atoms with Crippen LogP contribution in [0.2, 0.25) is 0 Å². The number of nitrogens with zero attached hydrogens (tertiary/aromatic N) is 2. The van der Waals surface area contributed by atoms with Crippen LogP contribution in [0.3, 0.4) is 0 Å². The summed E-state index contributed by atoms with van der Waals surface area (Å²) in [6, 6.07) is 14.1. The Bertz CT molecular complexity index is 1270. The van der Waals surface area contributed by atoms with Gasteiger partial charge in [-0.1, -0.05) is 158 Å². The fourth-order valence-corrected chi connectivity index (χ4v) is 6.19. The van der Waals surface area contributed by atoms with Gasteiger partial charge in [-0.15, -0.1) is 4.79 Å². The molecule has 0 atom stereocenters. The Balaban J connectivity index is 2.65. The molecule has 44 heavy (non-hydrogen) atoms. The van der Waals surface area contributed by atoms with Crippen LogP contribution in [-0.2, 0) is 12.8 Å². The first-order valence-electron chi connectivity index (χ1n) is 17.9. The quantitative estimate of drug-likeness (QED) is 0.0366. The van der Waals surface area contributed by atoms with Crippen molar-refractivity contribution in [3.05, 3.63) is 86.5 Å². The van der Waals surface area contributed by atoms with Crippen molar-refractivity contribution in [2.24, 2.45) is 0 Å². The largest absolute Gasteiger partial charge is 0.348 e. The van der Waals surface area contributed by atoms with Crippen LogP contribution >= 0.6 is 0 Å². The maximum absolute atomic E-state index is 9.69. The van der Waals surface area contributed by atoms with Crippen molar-refractivity contribution in [1.29, 1.82) is 0 Å². The van der Waals surface area contributed by atoms with E-state index >= 15 is 0 Å². The molecule has 0 radical (unpaired) electrons. The summed E-state index contributed by atoms with van der Waals surface area (Å²) in [4.78, 5) is 3.39. The summed E-state index contributed by atoms with van der Waals surface area (Å²) in [5.74, 6) is 9.69. The van der Waals surface area contributed by atoms with E-state index in [4.69, 9.17) is 0 Å². The van der Waals surface area contributed by atoms with Crippen LogP contribution in [0.1, 0.15) is 164 Å². The van der Waals surface area contributed by atoms with Crippen molar-refractivity contribution in [2.45, 2.75) is 157 Å². The second kappa shape index (κ2) is 22.4. The van der Waals surface area contributed by atoms with Crippen molar-refractivity contribution in [1.82, 2.24) is 0 Å². The van der Waals surface area contributed by atoms with Gasteiger partial charge in [-0.3, -0.25) is 0 Å². The molecule has 2 aromatic carbocycles. The van der Waals surface area contributed by atoms with Gasteiger partial charge >= 0.3 is 5.87 Å². The molecular weight excluding hydrogens is 532 g/mol. The number of benzene rings is 2. The van der Waals surface area contributed by atoms with E-state index < -0.39 is 0 Å². The number of hydrogen-bond acceptors (Lipinski definition) is 0. The number of aryl methyl sites for hydroxylation is 4. The average Bonchev–Trinajstić information content (AvgIpc) is 3.00. The molecule has 0 bridgehead atoms. The minimum absolute atomic E-state index is 0.702. The maximum atomic E-state index is 9.69. The molecule has 0 saturated heterocycles. The smallest absolute Gasteiger partial charge is 0.317 e. The van der Waals surface area contributed by atoms with Crippen molar-refractivity contribution in [2.75, 3.05) is 0 Å². The summed E-state index contributed by atoms with van der Waals surface area (Å²) >= 11 is 0. The van der Waals surface area contributed by atoms with E-state index in [-0.39, 0.29) is 0 Å². The Morgan fingerprint density at radius 2 is 1.11 bits per heavy atom. The van der Waals surface area contributed by atoms with Gasteiger partial charge in [0.15, 0.2) is 5.57 Å². The average molecular weight is 593 g/mol. The molecule has 2 heteroatoms. The Hall–Kier alpha value is -3.10. The first kappa shape index (κ1) is 37.1. The summed E-state index contributed by atoms with van der Waals surface area (Å²) in [7, 11) is 0. The third-order valence-electron chi connectivity index (χ3n) is 8.48. The molecule has 0 N–H and O–H groups in total. The minimum atomic E-state index is 0.702. The van der Waals surface area contributed by atoms with Gasteiger partial charge in [0.25, 0.3) is 0 Å². The van der Waals surface area contributed by atoms with E-state index in [1.807, 2.05) is 0 Å². The van der Waals surface area contributed by atoms with Gasteiger partial charge in [0.2, 0.25) is 0 Å². The Labute approximate surface area is 271 Å². The highest BCUT2D eigenvalue weighted by Crippen LogP contribution is 2.34. The molecule has 238 valence electrons. The van der Waals surface area contributed by atoms with Gasteiger partial charge in [0, 0.05) is 6.42 Å². The molecule has 2 aromatic rings. The molecule has 0 heterocycles. The Morgan fingerprint density at radius 1 is 0.614 bits per heavy atom. The molecule has 0 aliphatic rings. The zero-order valence-electron chi connectivity index (χ0n) is 29.1. The van der Waals surface area contributed by atoms with Crippen molar-refractivity contribution in [3.8, 4) is 11.8 Å². The van der Waals surface area contributed by atoms with Gasteiger partial charge in [0.1, 0.15) is 0 Å². The molecular formula is C42H60N2. The Morgan fingerprint density at radius 3 is 1.64 bits per heavy atom. The number of rotatable bonds is 20. The SMILES string of the molecule is CCCCCCCCC#CC(=C=[N+]=[N-])C(CC)=C(c1cc(C)cc(C)c1)c1cc(CCCCCC)cc(CCCCCC)c1. The zero-order valence-corrected chi connectivity index (χ0v) is 29.1. The highest BCUT2D eigenvalue weighted by molar-refractivity contribution is 5.89. The number of allylic oxidation sites excluding steroid dienone is 2. The van der Waals surface area contributed by atoms with Crippen LogP contribution < -0.4 is 0 Å². The highest BCUT2D eigenvalue weighted by Gasteiger charge is 2.18. The first-order valence-corrected chi connectivity index (χ1v) is 17.9. The lowest BCUT2D eigenvalue weighted by atomic mass is 9.85. The number of unbranched alkanes of at least 4 members (excludes halogenated alkanes) is 12. The summed E-state index contributed by atoms with van der Waals surface area (Å²) in [5.41, 5.74) is 20.5. The summed E-state index contributed by atoms with van der Waals surface area (Å²) in [6.45, 7) is 13.3. The van der Waals surface area contributed by atoms with E-state index in [0.29, 0.717) is 5.57 Å². The summed E-state index contributed by atoms with van der Waals surface area (Å²) in [5, 5.41) is 0. The number of hydrogen-bond donors (Lipinski definition) is 0. The molecule has 2 rings (SSSR count). The monoisotopic (exact) mass is 592 g/mol. The van der Waals surface area contributed by atoms with Gasteiger partial charge in [-0.25, -0.2) is 0 Å². The fraction of sp³-hybridized carbons (Fsp3) is 0.571. The van der Waals surface area contributed by atoms with Crippen LogP contribution in [0.5, 0.6) is 0 Å². The molecule has 0 aliphatic heterocycles. The minimum Gasteiger partial charge on any atom is -0.348 e. The first-order chi connectivity index (χ1) is 21.5. The molecule has 0 saturated carbocycles. The van der Waals surface area contributed by atoms with Crippen molar-refractivity contribution in [3.63, 3.8) is 0 Å². The molecule has 0 spiro atoms.